The molecule has 10 heteroatoms. The van der Waals surface area contributed by atoms with E-state index in [-0.39, 0.29) is 12.3 Å². The Bertz CT molecular complexity index is 1520. The van der Waals surface area contributed by atoms with Gasteiger partial charge in [-0.3, -0.25) is 28.8 Å². The predicted molar refractivity (Wildman–Crippen MR) is 165 cm³/mol. The Kier molecular flexibility index (Phi) is 10.7. The van der Waals surface area contributed by atoms with Gasteiger partial charge in [0.25, 0.3) is 11.7 Å². The molecular weight excluding hydrogens is 560 g/mol. The molecule has 0 aliphatic carbocycles. The lowest BCUT2D eigenvalue weighted by Crippen LogP contribution is -2.54. The molecular formula is C34H36N4O6. The van der Waals surface area contributed by atoms with Gasteiger partial charge < -0.3 is 20.9 Å². The Hall–Kier alpha value is -5.12. The number of rotatable bonds is 11. The number of Topliss-reactive ketones (excluding diaryl/α,β-unsaturated/α-hetero) is 2. The first-order valence-corrected chi connectivity index (χ1v) is 14.6. The van der Waals surface area contributed by atoms with E-state index in [1.54, 1.807) is 17.0 Å². The van der Waals surface area contributed by atoms with Gasteiger partial charge in [-0.05, 0) is 53.6 Å². The molecule has 1 heterocycles. The van der Waals surface area contributed by atoms with Crippen LogP contribution in [-0.4, -0.2) is 58.7 Å². The average molecular weight is 597 g/mol. The number of amides is 4. The Morgan fingerprint density at radius 1 is 0.818 bits per heavy atom. The summed E-state index contributed by atoms with van der Waals surface area (Å²) >= 11 is 0. The maximum atomic E-state index is 13.5. The SMILES string of the molecule is CC(=O)NC(Cc1ccc(NC(=O)C(=O)C(C)=O)cc1)C(=O)NC1CCCCN(Cc2ccc(-c3ccccc3)cc2)C1=O. The fraction of sp³-hybridized carbons (Fsp3) is 0.294. The van der Waals surface area contributed by atoms with Crippen molar-refractivity contribution in [2.75, 3.05) is 11.9 Å². The van der Waals surface area contributed by atoms with Crippen LogP contribution < -0.4 is 16.0 Å². The van der Waals surface area contributed by atoms with E-state index in [0.717, 1.165) is 36.5 Å². The maximum absolute atomic E-state index is 13.5. The molecule has 228 valence electrons. The van der Waals surface area contributed by atoms with Crippen LogP contribution in [0.15, 0.2) is 78.9 Å². The molecule has 0 radical (unpaired) electrons. The molecule has 2 atom stereocenters. The van der Waals surface area contributed by atoms with Crippen molar-refractivity contribution in [3.05, 3.63) is 90.0 Å². The quantitative estimate of drug-likeness (QED) is 0.229. The first kappa shape index (κ1) is 31.8. The smallest absolute Gasteiger partial charge is 0.299 e. The minimum atomic E-state index is -1.15. The van der Waals surface area contributed by atoms with Gasteiger partial charge in [0.1, 0.15) is 12.1 Å². The van der Waals surface area contributed by atoms with Crippen molar-refractivity contribution in [1.82, 2.24) is 15.5 Å². The molecule has 1 fully saturated rings. The van der Waals surface area contributed by atoms with Gasteiger partial charge in [0.15, 0.2) is 0 Å². The molecule has 44 heavy (non-hydrogen) atoms. The Morgan fingerprint density at radius 3 is 2.09 bits per heavy atom. The van der Waals surface area contributed by atoms with E-state index in [0.29, 0.717) is 30.8 Å². The minimum Gasteiger partial charge on any atom is -0.344 e. The molecule has 3 aromatic carbocycles. The van der Waals surface area contributed by atoms with Gasteiger partial charge in [-0.1, -0.05) is 66.7 Å². The van der Waals surface area contributed by atoms with Gasteiger partial charge in [-0.2, -0.15) is 0 Å². The second kappa shape index (κ2) is 14.9. The lowest BCUT2D eigenvalue weighted by atomic mass is 10.0. The Balaban J connectivity index is 1.39. The van der Waals surface area contributed by atoms with Crippen LogP contribution >= 0.6 is 0 Å². The van der Waals surface area contributed by atoms with Crippen LogP contribution in [0.5, 0.6) is 0 Å². The molecule has 1 aliphatic rings. The van der Waals surface area contributed by atoms with E-state index in [2.05, 4.69) is 16.0 Å². The summed E-state index contributed by atoms with van der Waals surface area (Å²) in [5.41, 5.74) is 4.17. The number of anilines is 1. The number of benzene rings is 3. The standard InChI is InChI=1S/C34H36N4O6/c1-22(39)31(41)33(43)36-28-17-13-24(14-18-28)20-30(35-23(2)40)32(42)37-29-10-6-7-19-38(34(29)44)21-25-11-15-27(16-12-25)26-8-4-3-5-9-26/h3-5,8-9,11-18,29-30H,6-7,10,19-21H2,1-2H3,(H,35,40)(H,36,43)(H,37,42). The van der Waals surface area contributed by atoms with E-state index in [1.807, 2.05) is 54.6 Å². The van der Waals surface area contributed by atoms with Gasteiger partial charge in [0, 0.05) is 39.0 Å². The van der Waals surface area contributed by atoms with E-state index < -0.39 is 41.4 Å². The van der Waals surface area contributed by atoms with Gasteiger partial charge in [0.2, 0.25) is 23.5 Å². The summed E-state index contributed by atoms with van der Waals surface area (Å²) in [6, 6.07) is 22.8. The van der Waals surface area contributed by atoms with Crippen molar-refractivity contribution < 1.29 is 28.8 Å². The van der Waals surface area contributed by atoms with Crippen LogP contribution in [0.3, 0.4) is 0 Å². The van der Waals surface area contributed by atoms with E-state index in [1.165, 1.54) is 19.1 Å². The average Bonchev–Trinajstić information content (AvgIpc) is 3.18. The Labute approximate surface area is 256 Å². The van der Waals surface area contributed by atoms with E-state index >= 15 is 0 Å². The number of likely N-dealkylation sites (tertiary alicyclic amines) is 1. The van der Waals surface area contributed by atoms with E-state index in [9.17, 15) is 28.8 Å². The highest BCUT2D eigenvalue weighted by molar-refractivity contribution is 6.65. The van der Waals surface area contributed by atoms with Crippen LogP contribution in [0.4, 0.5) is 5.69 Å². The normalized spacial score (nSPS) is 15.5. The summed E-state index contributed by atoms with van der Waals surface area (Å²) in [7, 11) is 0. The molecule has 4 rings (SSSR count). The number of ketones is 2. The van der Waals surface area contributed by atoms with Crippen molar-refractivity contribution >= 4 is 40.9 Å². The molecule has 10 nitrogen and oxygen atoms in total. The van der Waals surface area contributed by atoms with Gasteiger partial charge in [-0.15, -0.1) is 0 Å². The van der Waals surface area contributed by atoms with Crippen LogP contribution in [-0.2, 0) is 41.7 Å². The zero-order chi connectivity index (χ0) is 31.6. The largest absolute Gasteiger partial charge is 0.344 e. The van der Waals surface area contributed by atoms with Gasteiger partial charge in [-0.25, -0.2) is 0 Å². The van der Waals surface area contributed by atoms with Crippen molar-refractivity contribution in [2.24, 2.45) is 0 Å². The number of carbonyl (C=O) groups excluding carboxylic acids is 6. The van der Waals surface area contributed by atoms with Crippen LogP contribution in [0.2, 0.25) is 0 Å². The molecule has 4 amide bonds. The van der Waals surface area contributed by atoms with Crippen molar-refractivity contribution in [2.45, 2.75) is 58.2 Å². The summed E-state index contributed by atoms with van der Waals surface area (Å²) in [6.07, 6.45) is 2.21. The molecule has 0 aromatic heterocycles. The summed E-state index contributed by atoms with van der Waals surface area (Å²) in [4.78, 5) is 75.2. The topological polar surface area (TPSA) is 142 Å². The Morgan fingerprint density at radius 2 is 1.45 bits per heavy atom. The number of hydrogen-bond donors (Lipinski definition) is 3. The number of nitrogens with zero attached hydrogens (tertiary/aromatic N) is 1. The first-order chi connectivity index (χ1) is 21.1. The number of hydrogen-bond acceptors (Lipinski definition) is 6. The zero-order valence-corrected chi connectivity index (χ0v) is 24.8. The second-order valence-corrected chi connectivity index (χ2v) is 10.9. The molecule has 0 spiro atoms. The summed E-state index contributed by atoms with van der Waals surface area (Å²) < 4.78 is 0. The first-order valence-electron chi connectivity index (χ1n) is 14.6. The van der Waals surface area contributed by atoms with Crippen LogP contribution in [0, 0.1) is 0 Å². The number of nitrogens with one attached hydrogen (secondary N) is 3. The maximum Gasteiger partial charge on any atom is 0.299 e. The highest BCUT2D eigenvalue weighted by Crippen LogP contribution is 2.21. The second-order valence-electron chi connectivity index (χ2n) is 10.9. The monoisotopic (exact) mass is 596 g/mol. The summed E-state index contributed by atoms with van der Waals surface area (Å²) in [5.74, 6) is -4.08. The predicted octanol–water partition coefficient (Wildman–Crippen LogP) is 3.19. The molecule has 0 bridgehead atoms. The van der Waals surface area contributed by atoms with Crippen LogP contribution in [0.25, 0.3) is 11.1 Å². The number of carbonyl (C=O) groups is 6. The highest BCUT2D eigenvalue weighted by Gasteiger charge is 2.31. The van der Waals surface area contributed by atoms with Gasteiger partial charge in [0.05, 0.1) is 0 Å². The lowest BCUT2D eigenvalue weighted by molar-refractivity contribution is -0.142. The fourth-order valence-electron chi connectivity index (χ4n) is 5.08. The third-order valence-corrected chi connectivity index (χ3v) is 7.40. The summed E-state index contributed by atoms with van der Waals surface area (Å²) in [5, 5.41) is 7.89. The van der Waals surface area contributed by atoms with E-state index in [4.69, 9.17) is 0 Å². The molecule has 1 saturated heterocycles. The third kappa shape index (κ3) is 8.70. The van der Waals surface area contributed by atoms with Crippen molar-refractivity contribution in [1.29, 1.82) is 0 Å². The third-order valence-electron chi connectivity index (χ3n) is 7.40. The molecule has 3 aromatic rings. The molecule has 2 unspecified atom stereocenters. The van der Waals surface area contributed by atoms with Crippen molar-refractivity contribution in [3.8, 4) is 11.1 Å². The summed E-state index contributed by atoms with van der Waals surface area (Å²) in [6.45, 7) is 3.34. The van der Waals surface area contributed by atoms with Crippen LogP contribution in [0.1, 0.15) is 44.2 Å². The molecule has 0 saturated carbocycles. The van der Waals surface area contributed by atoms with Gasteiger partial charge >= 0.3 is 0 Å². The highest BCUT2D eigenvalue weighted by atomic mass is 16.2. The fourth-order valence-corrected chi connectivity index (χ4v) is 5.08. The molecule has 3 N–H and O–H groups in total. The molecule has 1 aliphatic heterocycles. The minimum absolute atomic E-state index is 0.129. The zero-order valence-electron chi connectivity index (χ0n) is 24.8. The van der Waals surface area contributed by atoms with Crippen molar-refractivity contribution in [3.63, 3.8) is 0 Å². The lowest BCUT2D eigenvalue weighted by Gasteiger charge is -2.27.